The minimum absolute atomic E-state index is 0.0107. The fourth-order valence-corrected chi connectivity index (χ4v) is 2.87. The van der Waals surface area contributed by atoms with Crippen LogP contribution in [0.2, 0.25) is 5.02 Å². The van der Waals surface area contributed by atoms with E-state index in [0.29, 0.717) is 10.7 Å². The van der Waals surface area contributed by atoms with Gasteiger partial charge in [-0.15, -0.1) is 0 Å². The maximum atomic E-state index is 12.8. The topological polar surface area (TPSA) is 109 Å². The van der Waals surface area contributed by atoms with Crippen LogP contribution in [-0.2, 0) is 0 Å². The number of hydrogen-bond donors (Lipinski definition) is 3. The maximum Gasteiger partial charge on any atom is 0.335 e. The van der Waals surface area contributed by atoms with Crippen LogP contribution in [0.1, 0.15) is 31.1 Å². The number of para-hydroxylation sites is 1. The number of nitrogens with two attached hydrogens (primary N) is 1. The fraction of sp³-hybridized carbons (Fsp3) is 0. The molecule has 4 N–H and O–H groups in total. The lowest BCUT2D eigenvalue weighted by Crippen LogP contribution is -2.21. The molecule has 28 heavy (non-hydrogen) atoms. The van der Waals surface area contributed by atoms with E-state index in [1.165, 1.54) is 12.1 Å². The fourth-order valence-electron chi connectivity index (χ4n) is 2.74. The number of halogens is 1. The van der Waals surface area contributed by atoms with Gasteiger partial charge < -0.3 is 16.2 Å². The molecule has 0 unspecified atom stereocenters. The number of aromatic carboxylic acids is 1. The van der Waals surface area contributed by atoms with Gasteiger partial charge in [-0.1, -0.05) is 41.9 Å². The van der Waals surface area contributed by atoms with Crippen LogP contribution < -0.4 is 11.1 Å². The third-order valence-electron chi connectivity index (χ3n) is 4.11. The first-order chi connectivity index (χ1) is 13.4. The summed E-state index contributed by atoms with van der Waals surface area (Å²) in [4.78, 5) is 35.6. The SMILES string of the molecule is NC(=O)c1cc(C(=O)O)ccc1C(=O)Nc1ccccc1-c1ccc(Cl)cc1. The van der Waals surface area contributed by atoms with Crippen molar-refractivity contribution in [3.05, 3.63) is 88.4 Å². The highest BCUT2D eigenvalue weighted by Crippen LogP contribution is 2.29. The quantitative estimate of drug-likeness (QED) is 0.606. The lowest BCUT2D eigenvalue weighted by molar-refractivity contribution is 0.0696. The van der Waals surface area contributed by atoms with Crippen molar-refractivity contribution < 1.29 is 19.5 Å². The number of nitrogens with one attached hydrogen (secondary N) is 1. The Morgan fingerprint density at radius 2 is 1.57 bits per heavy atom. The smallest absolute Gasteiger partial charge is 0.335 e. The lowest BCUT2D eigenvalue weighted by atomic mass is 10.0. The van der Waals surface area contributed by atoms with E-state index in [0.717, 1.165) is 17.2 Å². The summed E-state index contributed by atoms with van der Waals surface area (Å²) in [6.45, 7) is 0. The van der Waals surface area contributed by atoms with Crippen molar-refractivity contribution in [2.75, 3.05) is 5.32 Å². The van der Waals surface area contributed by atoms with Crippen molar-refractivity contribution in [3.8, 4) is 11.1 Å². The van der Waals surface area contributed by atoms with Gasteiger partial charge in [0.15, 0.2) is 0 Å². The van der Waals surface area contributed by atoms with Gasteiger partial charge in [0.25, 0.3) is 5.91 Å². The summed E-state index contributed by atoms with van der Waals surface area (Å²) in [5.74, 6) is -2.69. The number of amides is 2. The number of rotatable bonds is 5. The van der Waals surface area contributed by atoms with Gasteiger partial charge in [0, 0.05) is 16.3 Å². The molecule has 0 aliphatic heterocycles. The third kappa shape index (κ3) is 4.02. The molecule has 0 aliphatic carbocycles. The predicted molar refractivity (Wildman–Crippen MR) is 107 cm³/mol. The molecule has 0 aromatic heterocycles. The van der Waals surface area contributed by atoms with Crippen LogP contribution in [0.4, 0.5) is 5.69 Å². The summed E-state index contributed by atoms with van der Waals surface area (Å²) in [6.07, 6.45) is 0. The van der Waals surface area contributed by atoms with E-state index in [1.807, 2.05) is 24.3 Å². The first-order valence-corrected chi connectivity index (χ1v) is 8.58. The van der Waals surface area contributed by atoms with Crippen molar-refractivity contribution in [2.24, 2.45) is 5.73 Å². The van der Waals surface area contributed by atoms with Crippen LogP contribution in [0.3, 0.4) is 0 Å². The van der Waals surface area contributed by atoms with E-state index in [1.54, 1.807) is 24.3 Å². The minimum atomic E-state index is -1.22. The van der Waals surface area contributed by atoms with Crippen LogP contribution in [-0.4, -0.2) is 22.9 Å². The Bertz CT molecular complexity index is 1080. The van der Waals surface area contributed by atoms with Gasteiger partial charge in [-0.05, 0) is 42.0 Å². The molecule has 0 spiro atoms. The molecule has 0 bridgehead atoms. The van der Waals surface area contributed by atoms with Gasteiger partial charge in [0.2, 0.25) is 5.91 Å². The molecule has 0 heterocycles. The highest BCUT2D eigenvalue weighted by Gasteiger charge is 2.19. The molecule has 0 fully saturated rings. The molecule has 0 atom stereocenters. The molecule has 0 radical (unpaired) electrons. The lowest BCUT2D eigenvalue weighted by Gasteiger charge is -2.13. The molecule has 6 nitrogen and oxygen atoms in total. The minimum Gasteiger partial charge on any atom is -0.478 e. The molecule has 3 rings (SSSR count). The van der Waals surface area contributed by atoms with E-state index >= 15 is 0 Å². The van der Waals surface area contributed by atoms with Gasteiger partial charge in [-0.25, -0.2) is 4.79 Å². The molecule has 0 saturated carbocycles. The van der Waals surface area contributed by atoms with Gasteiger partial charge >= 0.3 is 5.97 Å². The zero-order valence-corrected chi connectivity index (χ0v) is 15.2. The number of primary amides is 1. The Morgan fingerprint density at radius 1 is 0.893 bits per heavy atom. The van der Waals surface area contributed by atoms with Gasteiger partial charge in [0.05, 0.1) is 16.7 Å². The molecule has 3 aromatic carbocycles. The number of carboxylic acids is 1. The maximum absolute atomic E-state index is 12.8. The van der Waals surface area contributed by atoms with Crippen molar-refractivity contribution in [2.45, 2.75) is 0 Å². The van der Waals surface area contributed by atoms with Crippen molar-refractivity contribution in [1.29, 1.82) is 0 Å². The average Bonchev–Trinajstić information content (AvgIpc) is 2.68. The second-order valence-corrected chi connectivity index (χ2v) is 6.37. The van der Waals surface area contributed by atoms with Crippen LogP contribution in [0.25, 0.3) is 11.1 Å². The summed E-state index contributed by atoms with van der Waals surface area (Å²) in [5, 5.41) is 12.4. The number of hydrogen-bond acceptors (Lipinski definition) is 3. The normalized spacial score (nSPS) is 10.3. The largest absolute Gasteiger partial charge is 0.478 e. The first-order valence-electron chi connectivity index (χ1n) is 8.20. The highest BCUT2D eigenvalue weighted by molar-refractivity contribution is 6.30. The first kappa shape index (κ1) is 19.1. The highest BCUT2D eigenvalue weighted by atomic mass is 35.5. The molecular formula is C21H15ClN2O4. The number of anilines is 1. The zero-order valence-electron chi connectivity index (χ0n) is 14.5. The zero-order chi connectivity index (χ0) is 20.3. The van der Waals surface area contributed by atoms with Crippen LogP contribution >= 0.6 is 11.6 Å². The van der Waals surface area contributed by atoms with Crippen molar-refractivity contribution in [3.63, 3.8) is 0 Å². The summed E-state index contributed by atoms with van der Waals surface area (Å²) in [6, 6.07) is 17.9. The van der Waals surface area contributed by atoms with E-state index in [-0.39, 0.29) is 16.7 Å². The Balaban J connectivity index is 1.97. The molecule has 0 aliphatic rings. The second kappa shape index (κ2) is 7.94. The Morgan fingerprint density at radius 3 is 2.21 bits per heavy atom. The number of carboxylic acid groups (broad SMARTS) is 1. The van der Waals surface area contributed by atoms with Gasteiger partial charge in [0.1, 0.15) is 0 Å². The van der Waals surface area contributed by atoms with E-state index in [2.05, 4.69) is 5.32 Å². The number of carbonyl (C=O) groups excluding carboxylic acids is 2. The van der Waals surface area contributed by atoms with E-state index in [9.17, 15) is 14.4 Å². The monoisotopic (exact) mass is 394 g/mol. The van der Waals surface area contributed by atoms with Crippen LogP contribution in [0, 0.1) is 0 Å². The molecule has 2 amide bonds. The standard InChI is InChI=1S/C21H15ClN2O4/c22-14-8-5-12(6-9-14)15-3-1-2-4-18(15)24-20(26)16-10-7-13(21(27)28)11-17(16)19(23)25/h1-11H,(H2,23,25)(H,24,26)(H,27,28). The Hall–Kier alpha value is -3.64. The number of carbonyl (C=O) groups is 3. The van der Waals surface area contributed by atoms with Crippen molar-refractivity contribution in [1.82, 2.24) is 0 Å². The number of benzene rings is 3. The molecule has 3 aromatic rings. The van der Waals surface area contributed by atoms with Crippen LogP contribution in [0.5, 0.6) is 0 Å². The molecule has 0 saturated heterocycles. The van der Waals surface area contributed by atoms with Gasteiger partial charge in [-0.3, -0.25) is 9.59 Å². The Labute approximate surface area is 165 Å². The Kier molecular flexibility index (Phi) is 5.42. The van der Waals surface area contributed by atoms with Crippen molar-refractivity contribution >= 4 is 35.1 Å². The van der Waals surface area contributed by atoms with Gasteiger partial charge in [-0.2, -0.15) is 0 Å². The summed E-state index contributed by atoms with van der Waals surface area (Å²) in [5.41, 5.74) is 7.14. The molecule has 7 heteroatoms. The van der Waals surface area contributed by atoms with E-state index < -0.39 is 17.8 Å². The average molecular weight is 395 g/mol. The second-order valence-electron chi connectivity index (χ2n) is 5.94. The van der Waals surface area contributed by atoms with E-state index in [4.69, 9.17) is 22.4 Å². The van der Waals surface area contributed by atoms with Crippen LogP contribution in [0.15, 0.2) is 66.7 Å². The summed E-state index contributed by atoms with van der Waals surface area (Å²) in [7, 11) is 0. The molecule has 140 valence electrons. The third-order valence-corrected chi connectivity index (χ3v) is 4.36. The summed E-state index contributed by atoms with van der Waals surface area (Å²) >= 11 is 5.93. The predicted octanol–water partition coefficient (Wildman–Crippen LogP) is 4.06. The summed E-state index contributed by atoms with van der Waals surface area (Å²) < 4.78 is 0. The molecular weight excluding hydrogens is 380 g/mol.